The van der Waals surface area contributed by atoms with Gasteiger partial charge >= 0.3 is 0 Å². The van der Waals surface area contributed by atoms with Crippen molar-refractivity contribution in [3.8, 4) is 0 Å². The van der Waals surface area contributed by atoms with Gasteiger partial charge in [0.25, 0.3) is 0 Å². The molecule has 1 amide bonds. The number of carbonyl (C=O) groups is 1. The molecule has 3 N–H and O–H groups in total. The number of benzene rings is 1. The van der Waals surface area contributed by atoms with Gasteiger partial charge < -0.3 is 25.2 Å². The summed E-state index contributed by atoms with van der Waals surface area (Å²) in [4.78, 5) is 20.6. The number of methoxy groups -OCH3 is 1. The maximum absolute atomic E-state index is 9.20. The molecular weight excluding hydrogens is 468 g/mol. The van der Waals surface area contributed by atoms with Crippen LogP contribution in [-0.4, -0.2) is 64.3 Å². The van der Waals surface area contributed by atoms with Crippen LogP contribution in [0.2, 0.25) is 0 Å². The molecule has 0 spiro atoms. The molecule has 1 aromatic rings. The summed E-state index contributed by atoms with van der Waals surface area (Å²) >= 11 is 0. The quantitative estimate of drug-likeness (QED) is 0.0990. The Kier molecular flexibility index (Phi) is 18.3. The zero-order valence-electron chi connectivity index (χ0n) is 24.2. The lowest BCUT2D eigenvalue weighted by molar-refractivity contribution is -0.203. The van der Waals surface area contributed by atoms with E-state index < -0.39 is 0 Å². The number of allylic oxidation sites excluding steroid dienone is 4. The van der Waals surface area contributed by atoms with Crippen molar-refractivity contribution in [3.05, 3.63) is 65.1 Å². The van der Waals surface area contributed by atoms with E-state index in [0.717, 1.165) is 42.9 Å². The van der Waals surface area contributed by atoms with Gasteiger partial charge in [-0.1, -0.05) is 45.9 Å². The van der Waals surface area contributed by atoms with E-state index in [1.165, 1.54) is 5.69 Å². The van der Waals surface area contributed by atoms with Crippen LogP contribution in [-0.2, 0) is 14.4 Å². The summed E-state index contributed by atoms with van der Waals surface area (Å²) in [5.74, 6) is 1.20. The van der Waals surface area contributed by atoms with Crippen LogP contribution >= 0.6 is 0 Å². The van der Waals surface area contributed by atoms with Crippen LogP contribution in [0.3, 0.4) is 0 Å². The van der Waals surface area contributed by atoms with E-state index in [-0.39, 0.29) is 5.76 Å². The van der Waals surface area contributed by atoms with E-state index in [1.54, 1.807) is 34.2 Å². The van der Waals surface area contributed by atoms with Crippen molar-refractivity contribution in [1.29, 1.82) is 0 Å². The van der Waals surface area contributed by atoms with Gasteiger partial charge in [0.2, 0.25) is 12.2 Å². The molecular formula is C29H48N4O4. The molecule has 1 atom stereocenters. The third-order valence-corrected chi connectivity index (χ3v) is 5.51. The van der Waals surface area contributed by atoms with Crippen LogP contribution in [0.1, 0.15) is 53.5 Å². The fraction of sp³-hybridized carbons (Fsp3) is 0.517. The number of amides is 1. The smallest absolute Gasteiger partial charge is 0.206 e. The molecule has 1 aliphatic rings. The molecule has 8 heteroatoms. The summed E-state index contributed by atoms with van der Waals surface area (Å²) in [6, 6.07) is 9.03. The molecule has 0 bridgehead atoms. The first kappa shape index (κ1) is 33.9. The summed E-state index contributed by atoms with van der Waals surface area (Å²) in [7, 11) is 4.91. The fourth-order valence-corrected chi connectivity index (χ4v) is 3.66. The predicted octanol–water partition coefficient (Wildman–Crippen LogP) is 5.19. The first-order chi connectivity index (χ1) is 17.9. The third kappa shape index (κ3) is 11.7. The van der Waals surface area contributed by atoms with Crippen molar-refractivity contribution < 1.29 is 19.7 Å². The number of anilines is 1. The lowest BCUT2D eigenvalue weighted by atomic mass is 9.97. The number of nitrogens with zero attached hydrogens (tertiary/aromatic N) is 2. The number of rotatable bonds is 10. The Bertz CT molecular complexity index is 890. The standard InChI is InChI=1S/C25H37N3O3.C2H5NO.C2H6/c1-7-23(31-29)24(30-6)16-21(9-8-18(2)3)25(26-5)20-10-12-22(13-11-20)28-15-14-27-17-19(28)4;1-3-2-4;1-2/h7,9-13,16,18-19,27,29H,8,14-15,17H2,1-6H3;2H,1H3,(H,3,4);1-2H3/b21-9-,23-7+,24-16+,26-25?;;. The van der Waals surface area contributed by atoms with Gasteiger partial charge in [0.1, 0.15) is 0 Å². The molecule has 1 heterocycles. The van der Waals surface area contributed by atoms with Crippen molar-refractivity contribution in [1.82, 2.24) is 10.6 Å². The van der Waals surface area contributed by atoms with E-state index in [1.807, 2.05) is 19.9 Å². The van der Waals surface area contributed by atoms with Gasteiger partial charge in [-0.3, -0.25) is 9.79 Å². The van der Waals surface area contributed by atoms with Gasteiger partial charge in [-0.2, -0.15) is 0 Å². The van der Waals surface area contributed by atoms with Crippen LogP contribution in [0, 0.1) is 5.92 Å². The minimum atomic E-state index is 0.261. The second kappa shape index (κ2) is 20.0. The summed E-state index contributed by atoms with van der Waals surface area (Å²) in [6.45, 7) is 15.4. The number of aliphatic imine (C=N–C) groups is 1. The maximum atomic E-state index is 9.20. The number of piperazine rings is 1. The maximum Gasteiger partial charge on any atom is 0.206 e. The van der Waals surface area contributed by atoms with E-state index >= 15 is 0 Å². The van der Waals surface area contributed by atoms with E-state index in [9.17, 15) is 5.26 Å². The Labute approximate surface area is 224 Å². The van der Waals surface area contributed by atoms with Crippen molar-refractivity contribution in [2.75, 3.05) is 45.7 Å². The van der Waals surface area contributed by atoms with Gasteiger partial charge in [-0.15, -0.1) is 0 Å². The van der Waals surface area contributed by atoms with Crippen molar-refractivity contribution in [2.24, 2.45) is 10.9 Å². The van der Waals surface area contributed by atoms with Crippen molar-refractivity contribution >= 4 is 17.8 Å². The third-order valence-electron chi connectivity index (χ3n) is 5.51. The number of ether oxygens (including phenoxy) is 1. The fourth-order valence-electron chi connectivity index (χ4n) is 3.66. The number of hydrogen-bond acceptors (Lipinski definition) is 7. The molecule has 0 radical (unpaired) electrons. The molecule has 0 aromatic heterocycles. The van der Waals surface area contributed by atoms with Crippen molar-refractivity contribution in [3.63, 3.8) is 0 Å². The molecule has 208 valence electrons. The first-order valence-electron chi connectivity index (χ1n) is 13.0. The molecule has 1 saturated heterocycles. The molecule has 1 fully saturated rings. The second-order valence-corrected chi connectivity index (χ2v) is 8.52. The molecule has 0 saturated carbocycles. The Morgan fingerprint density at radius 3 is 2.32 bits per heavy atom. The number of carbonyl (C=O) groups excluding carboxylic acids is 1. The number of hydrogen-bond donors (Lipinski definition) is 3. The molecule has 1 unspecified atom stereocenters. The summed E-state index contributed by atoms with van der Waals surface area (Å²) in [6.07, 6.45) is 7.19. The van der Waals surface area contributed by atoms with E-state index in [4.69, 9.17) is 9.53 Å². The average molecular weight is 517 g/mol. The summed E-state index contributed by atoms with van der Waals surface area (Å²) in [5, 5.41) is 14.9. The monoisotopic (exact) mass is 516 g/mol. The SMILES string of the molecule is CC.CNC=O.C\C=C(OO)/C(=C\C(=C\CC(C)C)C(=NC)c1ccc(N2CCNCC2C)cc1)OC. The van der Waals surface area contributed by atoms with Gasteiger partial charge in [0.15, 0.2) is 5.76 Å². The van der Waals surface area contributed by atoms with Crippen molar-refractivity contribution in [2.45, 2.75) is 54.0 Å². The van der Waals surface area contributed by atoms with Gasteiger partial charge in [0, 0.05) is 56.6 Å². The molecule has 0 aliphatic carbocycles. The lowest BCUT2D eigenvalue weighted by Crippen LogP contribution is -2.49. The summed E-state index contributed by atoms with van der Waals surface area (Å²) in [5.41, 5.74) is 4.04. The summed E-state index contributed by atoms with van der Waals surface area (Å²) < 4.78 is 5.47. The van der Waals surface area contributed by atoms with Crippen LogP contribution in [0.15, 0.2) is 64.6 Å². The minimum Gasteiger partial charge on any atom is -0.493 e. The van der Waals surface area contributed by atoms with Crippen LogP contribution in [0.25, 0.3) is 0 Å². The van der Waals surface area contributed by atoms with Gasteiger partial charge in [-0.25, -0.2) is 5.26 Å². The highest BCUT2D eigenvalue weighted by atomic mass is 17.1. The lowest BCUT2D eigenvalue weighted by Gasteiger charge is -2.36. The predicted molar refractivity (Wildman–Crippen MR) is 155 cm³/mol. The Hall–Kier alpha value is -3.10. The molecule has 8 nitrogen and oxygen atoms in total. The highest BCUT2D eigenvalue weighted by molar-refractivity contribution is 6.14. The van der Waals surface area contributed by atoms with Crippen LogP contribution in [0.4, 0.5) is 5.69 Å². The normalized spacial score (nSPS) is 16.7. The molecule has 2 rings (SSSR count). The van der Waals surface area contributed by atoms with E-state index in [0.29, 0.717) is 24.1 Å². The first-order valence-corrected chi connectivity index (χ1v) is 13.0. The van der Waals surface area contributed by atoms with Crippen LogP contribution in [0.5, 0.6) is 0 Å². The zero-order chi connectivity index (χ0) is 28.2. The van der Waals surface area contributed by atoms with E-state index in [2.05, 4.69) is 76.5 Å². The Balaban J connectivity index is 0.00000196. The minimum absolute atomic E-state index is 0.261. The highest BCUT2D eigenvalue weighted by Crippen LogP contribution is 2.23. The second-order valence-electron chi connectivity index (χ2n) is 8.52. The highest BCUT2D eigenvalue weighted by Gasteiger charge is 2.19. The van der Waals surface area contributed by atoms with Crippen LogP contribution < -0.4 is 15.5 Å². The number of nitrogens with one attached hydrogen (secondary N) is 2. The molecule has 37 heavy (non-hydrogen) atoms. The molecule has 1 aliphatic heterocycles. The van der Waals surface area contributed by atoms with Gasteiger partial charge in [0.05, 0.1) is 12.8 Å². The van der Waals surface area contributed by atoms with Gasteiger partial charge in [-0.05, 0) is 50.5 Å². The largest absolute Gasteiger partial charge is 0.493 e. The zero-order valence-corrected chi connectivity index (χ0v) is 24.2. The Morgan fingerprint density at radius 2 is 1.89 bits per heavy atom. The average Bonchev–Trinajstić information content (AvgIpc) is 2.93. The topological polar surface area (TPSA) is 95.4 Å². The Morgan fingerprint density at radius 1 is 1.27 bits per heavy atom. The molecule has 1 aromatic carbocycles.